The highest BCUT2D eigenvalue weighted by Gasteiger charge is 2.14. The lowest BCUT2D eigenvalue weighted by Gasteiger charge is -2.16. The van der Waals surface area contributed by atoms with E-state index >= 15 is 0 Å². The van der Waals surface area contributed by atoms with Crippen LogP contribution in [0, 0.1) is 5.82 Å². The van der Waals surface area contributed by atoms with Gasteiger partial charge in [0.15, 0.2) is 0 Å². The normalized spacial score (nSPS) is 10.3. The fourth-order valence-corrected chi connectivity index (χ4v) is 2.00. The van der Waals surface area contributed by atoms with Gasteiger partial charge in [-0.05, 0) is 36.4 Å². The molecule has 0 aliphatic carbocycles. The van der Waals surface area contributed by atoms with Gasteiger partial charge in [0, 0.05) is 25.5 Å². The van der Waals surface area contributed by atoms with E-state index in [1.807, 2.05) is 0 Å². The number of anilines is 3. The van der Waals surface area contributed by atoms with Crippen LogP contribution in [-0.2, 0) is 0 Å². The molecular formula is C15H15ClFN3O. The van der Waals surface area contributed by atoms with E-state index in [0.717, 1.165) is 0 Å². The lowest BCUT2D eigenvalue weighted by atomic mass is 10.1. The van der Waals surface area contributed by atoms with Crippen LogP contribution in [0.5, 0.6) is 0 Å². The summed E-state index contributed by atoms with van der Waals surface area (Å²) in [7, 11) is 3.33. The number of carbonyl (C=O) groups excluding carboxylic acids is 1. The number of nitrogens with zero attached hydrogens (tertiary/aromatic N) is 1. The molecule has 21 heavy (non-hydrogen) atoms. The van der Waals surface area contributed by atoms with Crippen molar-refractivity contribution in [2.24, 2.45) is 0 Å². The van der Waals surface area contributed by atoms with Gasteiger partial charge in [0.25, 0.3) is 5.91 Å². The van der Waals surface area contributed by atoms with Crippen LogP contribution in [0.4, 0.5) is 21.5 Å². The molecule has 0 unspecified atom stereocenters. The molecule has 0 fully saturated rings. The average molecular weight is 308 g/mol. The molecule has 0 saturated heterocycles. The fraction of sp³-hybridized carbons (Fsp3) is 0.133. The number of rotatable bonds is 3. The Bertz CT molecular complexity index is 689. The van der Waals surface area contributed by atoms with Crippen molar-refractivity contribution in [2.45, 2.75) is 0 Å². The largest absolute Gasteiger partial charge is 0.399 e. The number of amides is 1. The van der Waals surface area contributed by atoms with Gasteiger partial charge in [-0.1, -0.05) is 11.6 Å². The lowest BCUT2D eigenvalue weighted by molar-refractivity contribution is 0.0828. The lowest BCUT2D eigenvalue weighted by Crippen LogP contribution is -2.22. The molecule has 1 amide bonds. The molecule has 0 aliphatic heterocycles. The summed E-state index contributed by atoms with van der Waals surface area (Å²) in [6, 6.07) is 9.18. The Balaban J connectivity index is 2.40. The quantitative estimate of drug-likeness (QED) is 0.853. The minimum atomic E-state index is -0.501. The average Bonchev–Trinajstić information content (AvgIpc) is 2.42. The zero-order chi connectivity index (χ0) is 15.6. The third-order valence-corrected chi connectivity index (χ3v) is 3.17. The Hall–Kier alpha value is -2.27. The van der Waals surface area contributed by atoms with Crippen molar-refractivity contribution < 1.29 is 9.18 Å². The fourth-order valence-electron chi connectivity index (χ4n) is 1.82. The van der Waals surface area contributed by atoms with Crippen LogP contribution in [0.15, 0.2) is 36.4 Å². The standard InChI is InChI=1S/C15H15ClFN3O/c1-20(2)15(21)11-5-3-9(18)7-14(11)19-10-4-6-13(17)12(16)8-10/h3-8,19H,18H2,1-2H3. The highest BCUT2D eigenvalue weighted by atomic mass is 35.5. The number of nitrogens with two attached hydrogens (primary N) is 1. The van der Waals surface area contributed by atoms with E-state index < -0.39 is 5.82 Å². The molecule has 0 aromatic heterocycles. The van der Waals surface area contributed by atoms with Crippen molar-refractivity contribution in [1.82, 2.24) is 4.90 Å². The maximum atomic E-state index is 13.2. The van der Waals surface area contributed by atoms with Gasteiger partial charge in [-0.15, -0.1) is 0 Å². The van der Waals surface area contributed by atoms with Crippen molar-refractivity contribution in [1.29, 1.82) is 0 Å². The summed E-state index contributed by atoms with van der Waals surface area (Å²) in [6.45, 7) is 0. The van der Waals surface area contributed by atoms with Gasteiger partial charge in [0.2, 0.25) is 0 Å². The molecule has 0 saturated carbocycles. The van der Waals surface area contributed by atoms with Gasteiger partial charge >= 0.3 is 0 Å². The first-order chi connectivity index (χ1) is 9.88. The van der Waals surface area contributed by atoms with Crippen molar-refractivity contribution in [3.05, 3.63) is 52.8 Å². The number of nitrogens with one attached hydrogen (secondary N) is 1. The number of benzene rings is 2. The summed E-state index contributed by atoms with van der Waals surface area (Å²) in [5.41, 5.74) is 7.85. The molecule has 0 aliphatic rings. The summed E-state index contributed by atoms with van der Waals surface area (Å²) >= 11 is 5.75. The SMILES string of the molecule is CN(C)C(=O)c1ccc(N)cc1Nc1ccc(F)c(Cl)c1. The van der Waals surface area contributed by atoms with E-state index in [-0.39, 0.29) is 10.9 Å². The van der Waals surface area contributed by atoms with E-state index in [1.165, 1.54) is 23.1 Å². The van der Waals surface area contributed by atoms with Crippen molar-refractivity contribution in [2.75, 3.05) is 25.1 Å². The number of hydrogen-bond acceptors (Lipinski definition) is 3. The second-order valence-electron chi connectivity index (χ2n) is 4.76. The summed E-state index contributed by atoms with van der Waals surface area (Å²) in [5, 5.41) is 3.04. The van der Waals surface area contributed by atoms with E-state index in [0.29, 0.717) is 22.6 Å². The highest BCUT2D eigenvalue weighted by molar-refractivity contribution is 6.31. The molecule has 2 aromatic rings. The molecule has 4 nitrogen and oxygen atoms in total. The van der Waals surface area contributed by atoms with Gasteiger partial charge < -0.3 is 16.0 Å². The van der Waals surface area contributed by atoms with Crippen LogP contribution in [0.1, 0.15) is 10.4 Å². The molecule has 0 heterocycles. The van der Waals surface area contributed by atoms with Crippen molar-refractivity contribution in [3.8, 4) is 0 Å². The van der Waals surface area contributed by atoms with Crippen LogP contribution in [-0.4, -0.2) is 24.9 Å². The van der Waals surface area contributed by atoms with Crippen LogP contribution >= 0.6 is 11.6 Å². The van der Waals surface area contributed by atoms with E-state index in [4.69, 9.17) is 17.3 Å². The summed E-state index contributed by atoms with van der Waals surface area (Å²) < 4.78 is 13.2. The monoisotopic (exact) mass is 307 g/mol. The van der Waals surface area contributed by atoms with Crippen LogP contribution < -0.4 is 11.1 Å². The van der Waals surface area contributed by atoms with E-state index in [2.05, 4.69) is 5.32 Å². The van der Waals surface area contributed by atoms with Crippen LogP contribution in [0.3, 0.4) is 0 Å². The van der Waals surface area contributed by atoms with Crippen molar-refractivity contribution in [3.63, 3.8) is 0 Å². The predicted molar refractivity (Wildman–Crippen MR) is 83.6 cm³/mol. The molecule has 6 heteroatoms. The molecule has 0 spiro atoms. The van der Waals surface area contributed by atoms with E-state index in [9.17, 15) is 9.18 Å². The summed E-state index contributed by atoms with van der Waals surface area (Å²) in [5.74, 6) is -0.662. The predicted octanol–water partition coefficient (Wildman–Crippen LogP) is 3.51. The van der Waals surface area contributed by atoms with Crippen molar-refractivity contribution >= 4 is 34.6 Å². The second kappa shape index (κ2) is 6.01. The Kier molecular flexibility index (Phi) is 4.33. The summed E-state index contributed by atoms with van der Waals surface area (Å²) in [6.07, 6.45) is 0. The van der Waals surface area contributed by atoms with E-state index in [1.54, 1.807) is 32.3 Å². The minimum absolute atomic E-state index is 0.00406. The number of hydrogen-bond donors (Lipinski definition) is 2. The Morgan fingerprint density at radius 1 is 1.24 bits per heavy atom. The van der Waals surface area contributed by atoms with Crippen LogP contribution in [0.25, 0.3) is 0 Å². The Morgan fingerprint density at radius 2 is 1.95 bits per heavy atom. The summed E-state index contributed by atoms with van der Waals surface area (Å²) in [4.78, 5) is 13.6. The van der Waals surface area contributed by atoms with Gasteiger partial charge in [-0.25, -0.2) is 4.39 Å². The first-order valence-corrected chi connectivity index (χ1v) is 6.59. The molecule has 110 valence electrons. The maximum Gasteiger partial charge on any atom is 0.255 e. The minimum Gasteiger partial charge on any atom is -0.399 e. The zero-order valence-corrected chi connectivity index (χ0v) is 12.4. The van der Waals surface area contributed by atoms with Gasteiger partial charge in [-0.2, -0.15) is 0 Å². The Labute approximate surface area is 127 Å². The number of carbonyl (C=O) groups is 1. The van der Waals surface area contributed by atoms with Gasteiger partial charge in [0.1, 0.15) is 5.82 Å². The first kappa shape index (κ1) is 15.1. The highest BCUT2D eigenvalue weighted by Crippen LogP contribution is 2.27. The first-order valence-electron chi connectivity index (χ1n) is 6.21. The molecule has 0 bridgehead atoms. The van der Waals surface area contributed by atoms with Crippen LogP contribution in [0.2, 0.25) is 5.02 Å². The van der Waals surface area contributed by atoms with Gasteiger partial charge in [0.05, 0.1) is 16.3 Å². The molecular weight excluding hydrogens is 293 g/mol. The molecule has 0 atom stereocenters. The molecule has 2 aromatic carbocycles. The topological polar surface area (TPSA) is 58.4 Å². The smallest absolute Gasteiger partial charge is 0.255 e. The zero-order valence-electron chi connectivity index (χ0n) is 11.7. The van der Waals surface area contributed by atoms with Gasteiger partial charge in [-0.3, -0.25) is 4.79 Å². The Morgan fingerprint density at radius 3 is 2.57 bits per heavy atom. The third kappa shape index (κ3) is 3.44. The third-order valence-electron chi connectivity index (χ3n) is 2.88. The second-order valence-corrected chi connectivity index (χ2v) is 5.17. The molecule has 3 N–H and O–H groups in total. The molecule has 2 rings (SSSR count). The molecule has 0 radical (unpaired) electrons. The number of halogens is 2. The maximum absolute atomic E-state index is 13.2. The number of nitrogen functional groups attached to an aromatic ring is 1.